The molecule has 88 valence electrons. The molecule has 0 unspecified atom stereocenters. The summed E-state index contributed by atoms with van der Waals surface area (Å²) in [7, 11) is 0. The fourth-order valence-corrected chi connectivity index (χ4v) is 2.62. The van der Waals surface area contributed by atoms with E-state index in [9.17, 15) is 9.90 Å². The average Bonchev–Trinajstić information content (AvgIpc) is 2.87. The van der Waals surface area contributed by atoms with Gasteiger partial charge in [-0.15, -0.1) is 0 Å². The molecule has 1 aliphatic rings. The summed E-state index contributed by atoms with van der Waals surface area (Å²) in [4.78, 5) is 15.8. The lowest BCUT2D eigenvalue weighted by Gasteiger charge is -2.28. The Morgan fingerprint density at radius 3 is 2.62 bits per heavy atom. The summed E-state index contributed by atoms with van der Waals surface area (Å²) in [5, 5.41) is 9.49. The van der Waals surface area contributed by atoms with Crippen LogP contribution in [-0.2, 0) is 10.3 Å². The van der Waals surface area contributed by atoms with Crippen LogP contribution >= 0.6 is 0 Å². The molecule has 2 rings (SSSR count). The van der Waals surface area contributed by atoms with Gasteiger partial charge in [0, 0.05) is 18.3 Å². The van der Waals surface area contributed by atoms with Crippen molar-refractivity contribution in [2.24, 2.45) is 0 Å². The van der Waals surface area contributed by atoms with Gasteiger partial charge in [0.15, 0.2) is 0 Å². The van der Waals surface area contributed by atoms with Gasteiger partial charge in [-0.2, -0.15) is 0 Å². The Morgan fingerprint density at radius 2 is 2.12 bits per heavy atom. The van der Waals surface area contributed by atoms with Gasteiger partial charge in [0.2, 0.25) is 0 Å². The fourth-order valence-electron chi connectivity index (χ4n) is 2.62. The molecular weight excluding hydrogens is 204 g/mol. The van der Waals surface area contributed by atoms with Crippen molar-refractivity contribution in [1.82, 2.24) is 9.55 Å². The Bertz CT molecular complexity index is 389. The molecule has 0 aromatic carbocycles. The van der Waals surface area contributed by atoms with Crippen molar-refractivity contribution in [3.8, 4) is 0 Å². The normalized spacial score (nSPS) is 19.2. The third kappa shape index (κ3) is 1.52. The molecule has 1 heterocycles. The summed E-state index contributed by atoms with van der Waals surface area (Å²) in [5.74, 6) is 0.418. The van der Waals surface area contributed by atoms with E-state index in [1.165, 1.54) is 0 Å². The molecule has 16 heavy (non-hydrogen) atoms. The number of carbonyl (C=O) groups is 1. The molecule has 0 spiro atoms. The number of aromatic nitrogens is 2. The van der Waals surface area contributed by atoms with Crippen LogP contribution in [0.3, 0.4) is 0 Å². The number of hydrogen-bond acceptors (Lipinski definition) is 2. The number of aliphatic carboxylic acids is 1. The molecule has 0 aliphatic heterocycles. The minimum absolute atomic E-state index is 0.256. The minimum Gasteiger partial charge on any atom is -0.479 e. The van der Waals surface area contributed by atoms with Gasteiger partial charge in [-0.1, -0.05) is 26.7 Å². The van der Waals surface area contributed by atoms with Gasteiger partial charge in [0.25, 0.3) is 0 Å². The van der Waals surface area contributed by atoms with Gasteiger partial charge < -0.3 is 9.67 Å². The quantitative estimate of drug-likeness (QED) is 0.854. The zero-order valence-electron chi connectivity index (χ0n) is 9.81. The predicted octanol–water partition coefficient (Wildman–Crippen LogP) is 2.36. The van der Waals surface area contributed by atoms with E-state index in [-0.39, 0.29) is 5.92 Å². The van der Waals surface area contributed by atoms with Crippen LogP contribution in [0.4, 0.5) is 0 Å². The van der Waals surface area contributed by atoms with Crippen molar-refractivity contribution in [3.63, 3.8) is 0 Å². The number of imidazole rings is 1. The largest absolute Gasteiger partial charge is 0.479 e. The Balaban J connectivity index is 2.47. The van der Waals surface area contributed by atoms with Crippen molar-refractivity contribution in [2.45, 2.75) is 51.0 Å². The van der Waals surface area contributed by atoms with Crippen molar-refractivity contribution in [1.29, 1.82) is 0 Å². The maximum Gasteiger partial charge on any atom is 0.329 e. The summed E-state index contributed by atoms with van der Waals surface area (Å²) in [5.41, 5.74) is -0.740. The second-order valence-corrected chi connectivity index (χ2v) is 4.85. The highest BCUT2D eigenvalue weighted by Crippen LogP contribution is 2.38. The molecule has 4 heteroatoms. The van der Waals surface area contributed by atoms with Crippen LogP contribution in [0.25, 0.3) is 0 Å². The van der Waals surface area contributed by atoms with Crippen LogP contribution in [-0.4, -0.2) is 20.6 Å². The highest BCUT2D eigenvalue weighted by molar-refractivity contribution is 5.77. The van der Waals surface area contributed by atoms with Gasteiger partial charge >= 0.3 is 5.97 Å². The number of carboxylic acid groups (broad SMARTS) is 1. The van der Waals surface area contributed by atoms with Crippen molar-refractivity contribution in [3.05, 3.63) is 18.2 Å². The molecule has 1 saturated carbocycles. The Kier molecular flexibility index (Phi) is 2.74. The maximum atomic E-state index is 11.5. The van der Waals surface area contributed by atoms with Crippen LogP contribution in [0.2, 0.25) is 0 Å². The molecule has 0 radical (unpaired) electrons. The minimum atomic E-state index is -0.740. The van der Waals surface area contributed by atoms with E-state index in [4.69, 9.17) is 0 Å². The third-order valence-corrected chi connectivity index (χ3v) is 3.48. The number of nitrogens with zero attached hydrogens (tertiary/aromatic N) is 2. The van der Waals surface area contributed by atoms with Crippen LogP contribution in [0.15, 0.2) is 12.4 Å². The topological polar surface area (TPSA) is 55.1 Å². The van der Waals surface area contributed by atoms with Crippen LogP contribution in [0.1, 0.15) is 51.3 Å². The lowest BCUT2D eigenvalue weighted by molar-refractivity contribution is -0.147. The van der Waals surface area contributed by atoms with E-state index in [2.05, 4.69) is 4.98 Å². The van der Waals surface area contributed by atoms with Crippen LogP contribution in [0.5, 0.6) is 0 Å². The molecule has 4 nitrogen and oxygen atoms in total. The second-order valence-electron chi connectivity index (χ2n) is 4.85. The fraction of sp³-hybridized carbons (Fsp3) is 0.667. The zero-order valence-corrected chi connectivity index (χ0v) is 9.81. The first-order valence-corrected chi connectivity index (χ1v) is 5.85. The predicted molar refractivity (Wildman–Crippen MR) is 60.4 cm³/mol. The van der Waals surface area contributed by atoms with E-state index in [1.807, 2.05) is 24.6 Å². The summed E-state index contributed by atoms with van der Waals surface area (Å²) in [6, 6.07) is 0. The molecular formula is C12H18N2O2. The zero-order chi connectivity index (χ0) is 11.8. The first-order chi connectivity index (χ1) is 7.58. The molecule has 1 fully saturated rings. The molecule has 1 aromatic heterocycles. The summed E-state index contributed by atoms with van der Waals surface area (Å²) >= 11 is 0. The van der Waals surface area contributed by atoms with Gasteiger partial charge in [0.05, 0.1) is 0 Å². The number of carboxylic acids is 1. The average molecular weight is 222 g/mol. The first-order valence-electron chi connectivity index (χ1n) is 5.85. The van der Waals surface area contributed by atoms with E-state index < -0.39 is 11.5 Å². The number of hydrogen-bond donors (Lipinski definition) is 1. The molecule has 0 bridgehead atoms. The standard InChI is InChI=1S/C12H18N2O2/c1-9(2)10-13-7-8-14(10)12(11(15)16)5-3-4-6-12/h7-9H,3-6H2,1-2H3,(H,15,16). The molecule has 1 aromatic rings. The molecule has 0 saturated heterocycles. The van der Waals surface area contributed by atoms with Gasteiger partial charge in [-0.25, -0.2) is 9.78 Å². The summed E-state index contributed by atoms with van der Waals surface area (Å²) in [6.07, 6.45) is 6.94. The Labute approximate surface area is 95.3 Å². The second kappa shape index (κ2) is 3.92. The van der Waals surface area contributed by atoms with E-state index >= 15 is 0 Å². The smallest absolute Gasteiger partial charge is 0.329 e. The molecule has 0 amide bonds. The highest BCUT2D eigenvalue weighted by atomic mass is 16.4. The molecule has 1 N–H and O–H groups in total. The maximum absolute atomic E-state index is 11.5. The summed E-state index contributed by atoms with van der Waals surface area (Å²) < 4.78 is 1.88. The van der Waals surface area contributed by atoms with Crippen molar-refractivity contribution < 1.29 is 9.90 Å². The molecule has 1 aliphatic carbocycles. The van der Waals surface area contributed by atoms with E-state index in [0.717, 1.165) is 31.5 Å². The van der Waals surface area contributed by atoms with Gasteiger partial charge in [0.1, 0.15) is 11.4 Å². The van der Waals surface area contributed by atoms with Gasteiger partial charge in [-0.3, -0.25) is 0 Å². The van der Waals surface area contributed by atoms with Gasteiger partial charge in [-0.05, 0) is 12.8 Å². The summed E-state index contributed by atoms with van der Waals surface area (Å²) in [6.45, 7) is 4.09. The van der Waals surface area contributed by atoms with E-state index in [1.54, 1.807) is 6.20 Å². The van der Waals surface area contributed by atoms with Crippen molar-refractivity contribution in [2.75, 3.05) is 0 Å². The molecule has 0 atom stereocenters. The monoisotopic (exact) mass is 222 g/mol. The number of rotatable bonds is 3. The Hall–Kier alpha value is -1.32. The van der Waals surface area contributed by atoms with E-state index in [0.29, 0.717) is 0 Å². The Morgan fingerprint density at radius 1 is 1.50 bits per heavy atom. The third-order valence-electron chi connectivity index (χ3n) is 3.48. The SMILES string of the molecule is CC(C)c1nccn1C1(C(=O)O)CCCC1. The first kappa shape index (κ1) is 11.2. The lowest BCUT2D eigenvalue weighted by atomic mass is 9.96. The lowest BCUT2D eigenvalue weighted by Crippen LogP contribution is -2.40. The highest BCUT2D eigenvalue weighted by Gasteiger charge is 2.44. The van der Waals surface area contributed by atoms with Crippen LogP contribution in [0, 0.1) is 0 Å². The van der Waals surface area contributed by atoms with Crippen LogP contribution < -0.4 is 0 Å². The van der Waals surface area contributed by atoms with Crippen molar-refractivity contribution >= 4 is 5.97 Å².